The highest BCUT2D eigenvalue weighted by Gasteiger charge is 2.58. The van der Waals surface area contributed by atoms with Crippen LogP contribution in [0.4, 0.5) is 0 Å². The van der Waals surface area contributed by atoms with Gasteiger partial charge in [-0.1, -0.05) is 71.3 Å². The molecule has 0 aromatic carbocycles. The van der Waals surface area contributed by atoms with Crippen LogP contribution in [0.25, 0.3) is 0 Å². The van der Waals surface area contributed by atoms with E-state index in [1.807, 2.05) is 0 Å². The lowest BCUT2D eigenvalue weighted by molar-refractivity contribution is -0.0845. The monoisotopic (exact) mass is 458 g/mol. The molecule has 4 saturated carbocycles. The average Bonchev–Trinajstić information content (AvgIpc) is 3.02. The smallest absolute Gasteiger partial charge is 0.00554 e. The van der Waals surface area contributed by atoms with Crippen LogP contribution in [0.15, 0.2) is 35.5 Å². The van der Waals surface area contributed by atoms with Crippen molar-refractivity contribution in [1.82, 2.24) is 0 Å². The van der Waals surface area contributed by atoms with E-state index in [4.69, 9.17) is 6.42 Å². The summed E-state index contributed by atoms with van der Waals surface area (Å²) in [6, 6.07) is 0. The highest BCUT2D eigenvalue weighted by atomic mass is 14.6. The fourth-order valence-electron chi connectivity index (χ4n) is 10.1. The summed E-state index contributed by atoms with van der Waals surface area (Å²) in [6.07, 6.45) is 30.7. The van der Waals surface area contributed by atoms with Gasteiger partial charge in [0, 0.05) is 5.57 Å². The van der Waals surface area contributed by atoms with Crippen molar-refractivity contribution in [2.75, 3.05) is 0 Å². The van der Waals surface area contributed by atoms with Crippen molar-refractivity contribution in [2.45, 2.75) is 105 Å². The van der Waals surface area contributed by atoms with Gasteiger partial charge in [-0.2, -0.15) is 0 Å². The van der Waals surface area contributed by atoms with Gasteiger partial charge in [0.15, 0.2) is 0 Å². The number of allylic oxidation sites excluding steroid dienone is 6. The maximum Gasteiger partial charge on any atom is 0.00554 e. The third-order valence-corrected chi connectivity index (χ3v) is 12.5. The van der Waals surface area contributed by atoms with Crippen molar-refractivity contribution in [2.24, 2.45) is 58.2 Å². The lowest BCUT2D eigenvalue weighted by Gasteiger charge is -2.58. The summed E-state index contributed by atoms with van der Waals surface area (Å²) in [4.78, 5) is 0. The van der Waals surface area contributed by atoms with E-state index in [2.05, 4.69) is 64.8 Å². The van der Waals surface area contributed by atoms with Crippen molar-refractivity contribution in [3.8, 4) is 12.3 Å². The Labute approximate surface area is 211 Å². The van der Waals surface area contributed by atoms with E-state index in [0.717, 1.165) is 53.4 Å². The van der Waals surface area contributed by atoms with Gasteiger partial charge in [0.2, 0.25) is 0 Å². The van der Waals surface area contributed by atoms with Crippen LogP contribution < -0.4 is 0 Å². The Bertz CT molecular complexity index is 893. The fourth-order valence-corrected chi connectivity index (χ4v) is 10.1. The van der Waals surface area contributed by atoms with Gasteiger partial charge in [-0.25, -0.2) is 0 Å². The average molecular weight is 459 g/mol. The molecule has 186 valence electrons. The molecule has 0 bridgehead atoms. The predicted molar refractivity (Wildman–Crippen MR) is 146 cm³/mol. The molecule has 4 fully saturated rings. The van der Waals surface area contributed by atoms with E-state index in [0.29, 0.717) is 16.7 Å². The summed E-state index contributed by atoms with van der Waals surface area (Å²) in [5, 5.41) is 0. The molecule has 0 nitrogen and oxygen atoms in total. The zero-order valence-corrected chi connectivity index (χ0v) is 22.8. The van der Waals surface area contributed by atoms with Gasteiger partial charge < -0.3 is 0 Å². The Morgan fingerprint density at radius 3 is 2.53 bits per heavy atom. The SMILES string of the molecule is C#CC1=CC=C(C(C)[C@H](C)[C@H]2CC[C@H]3[C@@H]4CC[C@@H]5C[C@@](C)(CC)CCC5[C@H]4CC[C@]23C)C=CC1. The second kappa shape index (κ2) is 9.34. The van der Waals surface area contributed by atoms with Crippen molar-refractivity contribution >= 4 is 0 Å². The van der Waals surface area contributed by atoms with Crippen LogP contribution in [0.2, 0.25) is 0 Å². The van der Waals surface area contributed by atoms with Crippen LogP contribution in [-0.4, -0.2) is 0 Å². The zero-order chi connectivity index (χ0) is 24.1. The molecule has 0 aromatic heterocycles. The standard InChI is InChI=1S/C34H50/c1-7-25-10-9-11-26(13-12-25)23(3)24(4)31-16-17-32-30-15-14-27-22-33(5,8-2)20-18-28(27)29(30)19-21-34(31,32)6/h1,9,11-13,23-24,27-32H,8,10,14-22H2,2-6H3/t23?,24-,27+,28?,29+,30+,31+,32-,33-,34+/m0/s1. The molecular formula is C34H50. The highest BCUT2D eigenvalue weighted by Crippen LogP contribution is 2.66. The van der Waals surface area contributed by atoms with Crippen LogP contribution in [0.5, 0.6) is 0 Å². The first-order valence-electron chi connectivity index (χ1n) is 14.8. The molecule has 0 heterocycles. The van der Waals surface area contributed by atoms with Gasteiger partial charge in [0.05, 0.1) is 0 Å². The summed E-state index contributed by atoms with van der Waals surface area (Å²) in [7, 11) is 0. The Balaban J connectivity index is 1.31. The minimum atomic E-state index is 0.559. The van der Waals surface area contributed by atoms with Gasteiger partial charge in [0.25, 0.3) is 0 Å². The molecule has 0 saturated heterocycles. The van der Waals surface area contributed by atoms with Gasteiger partial charge in [-0.3, -0.25) is 0 Å². The molecule has 10 atom stereocenters. The molecule has 0 radical (unpaired) electrons. The number of fused-ring (bicyclic) bond motifs is 5. The van der Waals surface area contributed by atoms with E-state index in [-0.39, 0.29) is 0 Å². The minimum absolute atomic E-state index is 0.559. The predicted octanol–water partition coefficient (Wildman–Crippen LogP) is 9.39. The number of hydrogen-bond acceptors (Lipinski definition) is 0. The zero-order valence-electron chi connectivity index (χ0n) is 22.8. The molecule has 2 unspecified atom stereocenters. The largest absolute Gasteiger partial charge is 0.115 e. The molecule has 5 aliphatic rings. The maximum absolute atomic E-state index is 5.68. The first-order valence-corrected chi connectivity index (χ1v) is 14.8. The molecule has 0 N–H and O–H groups in total. The topological polar surface area (TPSA) is 0 Å². The maximum atomic E-state index is 5.68. The summed E-state index contributed by atoms with van der Waals surface area (Å²) in [5.41, 5.74) is 3.79. The lowest BCUT2D eigenvalue weighted by atomic mass is 9.47. The molecule has 0 aliphatic heterocycles. The highest BCUT2D eigenvalue weighted by molar-refractivity contribution is 5.39. The van der Waals surface area contributed by atoms with Gasteiger partial charge in [-0.15, -0.1) is 6.42 Å². The van der Waals surface area contributed by atoms with Crippen molar-refractivity contribution in [3.05, 3.63) is 35.5 Å². The Kier molecular flexibility index (Phi) is 6.72. The lowest BCUT2D eigenvalue weighted by Crippen LogP contribution is -2.50. The summed E-state index contributed by atoms with van der Waals surface area (Å²) < 4.78 is 0. The van der Waals surface area contributed by atoms with Crippen LogP contribution >= 0.6 is 0 Å². The number of terminal acetylenes is 1. The van der Waals surface area contributed by atoms with E-state index in [9.17, 15) is 0 Å². The third-order valence-electron chi connectivity index (χ3n) is 12.5. The molecule has 5 rings (SSSR count). The first kappa shape index (κ1) is 24.5. The van der Waals surface area contributed by atoms with Gasteiger partial charge in [0.1, 0.15) is 0 Å². The number of rotatable bonds is 4. The molecule has 0 aromatic rings. The summed E-state index contributed by atoms with van der Waals surface area (Å²) in [6.45, 7) is 12.8. The molecule has 0 amide bonds. The van der Waals surface area contributed by atoms with E-state index in [1.54, 1.807) is 0 Å². The fraction of sp³-hybridized carbons (Fsp3) is 0.765. The van der Waals surface area contributed by atoms with E-state index in [1.165, 1.54) is 69.8 Å². The minimum Gasteiger partial charge on any atom is -0.115 e. The van der Waals surface area contributed by atoms with Crippen molar-refractivity contribution in [1.29, 1.82) is 0 Å². The molecule has 5 aliphatic carbocycles. The Morgan fingerprint density at radius 1 is 0.971 bits per heavy atom. The van der Waals surface area contributed by atoms with Crippen molar-refractivity contribution in [3.63, 3.8) is 0 Å². The molecular weight excluding hydrogens is 408 g/mol. The Hall–Kier alpha value is -1.22. The van der Waals surface area contributed by atoms with Gasteiger partial charge in [-0.05, 0) is 128 Å². The van der Waals surface area contributed by atoms with Crippen molar-refractivity contribution < 1.29 is 0 Å². The molecule has 0 spiro atoms. The molecule has 0 heteroatoms. The van der Waals surface area contributed by atoms with Crippen LogP contribution in [0.1, 0.15) is 105 Å². The second-order valence-electron chi connectivity index (χ2n) is 13.8. The quantitative estimate of drug-likeness (QED) is 0.368. The van der Waals surface area contributed by atoms with Crippen LogP contribution in [-0.2, 0) is 0 Å². The molecule has 34 heavy (non-hydrogen) atoms. The number of hydrogen-bond donors (Lipinski definition) is 0. The van der Waals surface area contributed by atoms with Gasteiger partial charge >= 0.3 is 0 Å². The third kappa shape index (κ3) is 4.08. The first-order chi connectivity index (χ1) is 16.3. The van der Waals surface area contributed by atoms with Crippen LogP contribution in [0.3, 0.4) is 0 Å². The summed E-state index contributed by atoms with van der Waals surface area (Å²) >= 11 is 0. The van der Waals surface area contributed by atoms with E-state index < -0.39 is 0 Å². The van der Waals surface area contributed by atoms with E-state index >= 15 is 0 Å². The normalized spacial score (nSPS) is 45.5. The summed E-state index contributed by atoms with van der Waals surface area (Å²) in [5.74, 6) is 10.2. The second-order valence-corrected chi connectivity index (χ2v) is 13.8. The van der Waals surface area contributed by atoms with Crippen LogP contribution in [0, 0.1) is 70.5 Å². The Morgan fingerprint density at radius 2 is 1.76 bits per heavy atom.